The molecule has 0 atom stereocenters. The Morgan fingerprint density at radius 1 is 1.45 bits per heavy atom. The third kappa shape index (κ3) is 8.98. The Kier molecular flexibility index (Phi) is 10.3. The summed E-state index contributed by atoms with van der Waals surface area (Å²) >= 11 is 0. The van der Waals surface area contributed by atoms with Crippen LogP contribution >= 0.6 is 0 Å². The Hall–Kier alpha value is -1.02. The molecule has 2 heteroatoms. The second kappa shape index (κ2) is 8.98. The van der Waals surface area contributed by atoms with Gasteiger partial charge in [-0.15, -0.1) is 0 Å². The molecule has 0 aliphatic rings. The van der Waals surface area contributed by atoms with Gasteiger partial charge in [-0.05, 0) is 19.1 Å². The number of rotatable bonds is 3. The summed E-state index contributed by atoms with van der Waals surface area (Å²) < 4.78 is 4.89. The summed E-state index contributed by atoms with van der Waals surface area (Å²) in [5.74, 6) is 0.752. The van der Waals surface area contributed by atoms with E-state index in [-0.39, 0.29) is 0 Å². The van der Waals surface area contributed by atoms with Crippen LogP contribution in [0.2, 0.25) is 0 Å². The van der Waals surface area contributed by atoms with Crippen LogP contribution in [-0.2, 0) is 4.74 Å². The maximum absolute atomic E-state index is 7.00. The average molecular weight is 156 g/mol. The van der Waals surface area contributed by atoms with E-state index < -0.39 is 0 Å². The molecule has 0 spiro atoms. The number of ether oxygens (including phenoxy) is 1. The molecule has 0 unspecified atom stereocenters. The van der Waals surface area contributed by atoms with E-state index in [1.165, 1.54) is 0 Å². The van der Waals surface area contributed by atoms with Gasteiger partial charge in [-0.2, -0.15) is 0 Å². The molecule has 0 radical (unpaired) electrons. The van der Waals surface area contributed by atoms with Crippen LogP contribution in [0.15, 0.2) is 36.6 Å². The second-order valence-electron chi connectivity index (χ2n) is 1.80. The monoisotopic (exact) mass is 156 g/mol. The smallest absolute Gasteiger partial charge is 0.118 e. The van der Waals surface area contributed by atoms with Crippen molar-refractivity contribution in [2.75, 3.05) is 14.2 Å². The Morgan fingerprint density at radius 2 is 1.91 bits per heavy atom. The summed E-state index contributed by atoms with van der Waals surface area (Å²) in [4.78, 5) is 0. The highest BCUT2D eigenvalue weighted by Gasteiger charge is 1.84. The molecule has 0 aliphatic heterocycles. The van der Waals surface area contributed by atoms with Crippen LogP contribution < -0.4 is 0 Å². The molecule has 0 aliphatic carbocycles. The largest absolute Gasteiger partial charge is 0.497 e. The standard InChI is InChI=1S/C8H12O.CH4O/c1-5-8(9-4)6-7(2)3;1-2/h5-6H,1-2H2,3-4H3;2H,1H3/b8-6+;. The van der Waals surface area contributed by atoms with Crippen LogP contribution in [0.25, 0.3) is 0 Å². The fourth-order valence-corrected chi connectivity index (χ4v) is 0.444. The quantitative estimate of drug-likeness (QED) is 0.499. The first kappa shape index (κ1) is 12.6. The molecular formula is C9H16O2. The van der Waals surface area contributed by atoms with Crippen molar-refractivity contribution in [3.8, 4) is 0 Å². The number of aliphatic hydroxyl groups is 1. The van der Waals surface area contributed by atoms with Crippen LogP contribution in [0.1, 0.15) is 6.92 Å². The summed E-state index contributed by atoms with van der Waals surface area (Å²) in [5.41, 5.74) is 0.965. The van der Waals surface area contributed by atoms with E-state index in [1.807, 2.05) is 13.0 Å². The van der Waals surface area contributed by atoms with E-state index in [0.717, 1.165) is 18.4 Å². The Bertz CT molecular complexity index is 146. The molecule has 11 heavy (non-hydrogen) atoms. The minimum absolute atomic E-state index is 0.752. The van der Waals surface area contributed by atoms with Crippen molar-refractivity contribution in [3.05, 3.63) is 36.6 Å². The number of allylic oxidation sites excluding steroid dienone is 3. The first-order valence-corrected chi connectivity index (χ1v) is 3.19. The predicted octanol–water partition coefficient (Wildman–Crippen LogP) is 1.89. The molecule has 1 N–H and O–H groups in total. The van der Waals surface area contributed by atoms with Gasteiger partial charge in [-0.1, -0.05) is 18.7 Å². The van der Waals surface area contributed by atoms with Crippen LogP contribution in [0.4, 0.5) is 0 Å². The lowest BCUT2D eigenvalue weighted by Crippen LogP contribution is -1.80. The highest BCUT2D eigenvalue weighted by atomic mass is 16.5. The Balaban J connectivity index is 0. The van der Waals surface area contributed by atoms with E-state index in [4.69, 9.17) is 9.84 Å². The fourth-order valence-electron chi connectivity index (χ4n) is 0.444. The van der Waals surface area contributed by atoms with Crippen molar-refractivity contribution in [1.29, 1.82) is 0 Å². The predicted molar refractivity (Wildman–Crippen MR) is 48.2 cm³/mol. The molecular weight excluding hydrogens is 140 g/mol. The first-order valence-electron chi connectivity index (χ1n) is 3.19. The number of hydrogen-bond donors (Lipinski definition) is 1. The molecule has 0 aromatic heterocycles. The zero-order valence-corrected chi connectivity index (χ0v) is 7.42. The maximum Gasteiger partial charge on any atom is 0.118 e. The summed E-state index contributed by atoms with van der Waals surface area (Å²) in [6.07, 6.45) is 3.47. The van der Waals surface area contributed by atoms with Gasteiger partial charge >= 0.3 is 0 Å². The van der Waals surface area contributed by atoms with Crippen molar-refractivity contribution in [2.24, 2.45) is 0 Å². The molecule has 64 valence electrons. The van der Waals surface area contributed by atoms with Crippen LogP contribution in [0.3, 0.4) is 0 Å². The molecule has 0 aromatic carbocycles. The van der Waals surface area contributed by atoms with Crippen LogP contribution in [-0.4, -0.2) is 19.3 Å². The van der Waals surface area contributed by atoms with E-state index in [2.05, 4.69) is 13.2 Å². The first-order chi connectivity index (χ1) is 5.20. The highest BCUT2D eigenvalue weighted by Crippen LogP contribution is 2.00. The van der Waals surface area contributed by atoms with Gasteiger partial charge in [-0.3, -0.25) is 0 Å². The normalized spacial score (nSPS) is 9.27. The van der Waals surface area contributed by atoms with Crippen molar-refractivity contribution in [2.45, 2.75) is 6.92 Å². The van der Waals surface area contributed by atoms with Crippen molar-refractivity contribution < 1.29 is 9.84 Å². The van der Waals surface area contributed by atoms with Gasteiger partial charge in [0.25, 0.3) is 0 Å². The van der Waals surface area contributed by atoms with Gasteiger partial charge in [0.2, 0.25) is 0 Å². The zero-order chi connectivity index (χ0) is 9.28. The van der Waals surface area contributed by atoms with Crippen LogP contribution in [0.5, 0.6) is 0 Å². The summed E-state index contributed by atoms with van der Waals surface area (Å²) in [6, 6.07) is 0. The SMILES string of the molecule is C=C/C(=C\C(=C)C)OC.CO. The molecule has 0 heterocycles. The van der Waals surface area contributed by atoms with Crippen molar-refractivity contribution in [1.82, 2.24) is 0 Å². The van der Waals surface area contributed by atoms with E-state index in [9.17, 15) is 0 Å². The van der Waals surface area contributed by atoms with E-state index in [1.54, 1.807) is 13.2 Å². The summed E-state index contributed by atoms with van der Waals surface area (Å²) in [5, 5.41) is 7.00. The van der Waals surface area contributed by atoms with Gasteiger partial charge in [-0.25, -0.2) is 0 Å². The molecule has 0 fully saturated rings. The minimum Gasteiger partial charge on any atom is -0.497 e. The molecule has 2 nitrogen and oxygen atoms in total. The third-order valence-corrected chi connectivity index (χ3v) is 0.826. The minimum atomic E-state index is 0.752. The molecule has 0 amide bonds. The Labute approximate surface area is 68.5 Å². The lowest BCUT2D eigenvalue weighted by molar-refractivity contribution is 0.307. The van der Waals surface area contributed by atoms with Gasteiger partial charge in [0.1, 0.15) is 5.76 Å². The number of methoxy groups -OCH3 is 1. The molecule has 0 saturated carbocycles. The van der Waals surface area contributed by atoms with Gasteiger partial charge in [0, 0.05) is 7.11 Å². The lowest BCUT2D eigenvalue weighted by Gasteiger charge is -1.97. The number of aliphatic hydroxyl groups excluding tert-OH is 1. The Morgan fingerprint density at radius 3 is 2.00 bits per heavy atom. The summed E-state index contributed by atoms with van der Waals surface area (Å²) in [6.45, 7) is 9.14. The van der Waals surface area contributed by atoms with Gasteiger partial charge < -0.3 is 9.84 Å². The average Bonchev–Trinajstić information content (AvgIpc) is 2.03. The highest BCUT2D eigenvalue weighted by molar-refractivity contribution is 5.21. The second-order valence-corrected chi connectivity index (χ2v) is 1.80. The topological polar surface area (TPSA) is 29.5 Å². The molecule has 0 aromatic rings. The molecule has 0 bridgehead atoms. The van der Waals surface area contributed by atoms with Gasteiger partial charge in [0.15, 0.2) is 0 Å². The van der Waals surface area contributed by atoms with Crippen LogP contribution in [0, 0.1) is 0 Å². The van der Waals surface area contributed by atoms with Crippen molar-refractivity contribution >= 4 is 0 Å². The maximum atomic E-state index is 7.00. The van der Waals surface area contributed by atoms with Gasteiger partial charge in [0.05, 0.1) is 7.11 Å². The van der Waals surface area contributed by atoms with E-state index in [0.29, 0.717) is 0 Å². The summed E-state index contributed by atoms with van der Waals surface area (Å²) in [7, 11) is 2.61. The van der Waals surface area contributed by atoms with Crippen molar-refractivity contribution in [3.63, 3.8) is 0 Å². The van der Waals surface area contributed by atoms with E-state index >= 15 is 0 Å². The third-order valence-electron chi connectivity index (χ3n) is 0.826. The number of hydrogen-bond acceptors (Lipinski definition) is 2. The lowest BCUT2D eigenvalue weighted by atomic mass is 10.3. The zero-order valence-electron chi connectivity index (χ0n) is 7.42. The fraction of sp³-hybridized carbons (Fsp3) is 0.333. The molecule has 0 saturated heterocycles. The molecule has 0 rings (SSSR count).